The van der Waals surface area contributed by atoms with Crippen molar-refractivity contribution in [1.29, 1.82) is 10.5 Å². The van der Waals surface area contributed by atoms with Gasteiger partial charge in [-0.15, -0.1) is 11.3 Å². The summed E-state index contributed by atoms with van der Waals surface area (Å²) in [6.07, 6.45) is 0.364. The van der Waals surface area contributed by atoms with Crippen LogP contribution in [0.15, 0.2) is 0 Å². The molecule has 0 N–H and O–H groups in total. The topological polar surface area (TPSA) is 67.9 Å². The second-order valence-electron chi connectivity index (χ2n) is 3.44. The minimum absolute atomic E-state index is 0.112. The summed E-state index contributed by atoms with van der Waals surface area (Å²) in [6, 6.07) is 3.91. The van der Waals surface area contributed by atoms with Crippen LogP contribution < -0.4 is 0 Å². The van der Waals surface area contributed by atoms with Gasteiger partial charge in [-0.05, 0) is 0 Å². The number of hydrogen-bond acceptors (Lipinski definition) is 4. The van der Waals surface area contributed by atoms with Crippen molar-refractivity contribution in [3.63, 3.8) is 0 Å². The first-order valence-electron chi connectivity index (χ1n) is 5.19. The summed E-state index contributed by atoms with van der Waals surface area (Å²) in [6.45, 7) is 0.473. The van der Waals surface area contributed by atoms with E-state index in [1.54, 1.807) is 0 Å². The highest BCUT2D eigenvalue weighted by molar-refractivity contribution is 7.19. The lowest BCUT2D eigenvalue weighted by Crippen LogP contribution is -2.32. The molecule has 19 heavy (non-hydrogen) atoms. The van der Waals surface area contributed by atoms with E-state index in [1.807, 2.05) is 12.1 Å². The molecule has 0 bridgehead atoms. The monoisotopic (exact) mass is 335 g/mol. The van der Waals surface area contributed by atoms with Gasteiger partial charge in [0, 0.05) is 13.1 Å². The number of thiophene rings is 1. The Morgan fingerprint density at radius 2 is 1.63 bits per heavy atom. The molecule has 1 aromatic heterocycles. The fourth-order valence-corrected chi connectivity index (χ4v) is 3.10. The Bertz CT molecular complexity index is 541. The standard InChI is InChI=1S/C11H8Cl3N3OS/c12-7-8(13)10(14)19-9(7)11(18)17(5-1-3-15)6-2-4-16/h1-2,5-6H2. The molecule has 0 aliphatic heterocycles. The number of nitrogens with zero attached hydrogens (tertiary/aromatic N) is 3. The Morgan fingerprint density at radius 1 is 1.11 bits per heavy atom. The van der Waals surface area contributed by atoms with Crippen molar-refractivity contribution in [2.75, 3.05) is 13.1 Å². The van der Waals surface area contributed by atoms with Crippen LogP contribution in [0.1, 0.15) is 22.5 Å². The molecule has 8 heteroatoms. The van der Waals surface area contributed by atoms with Crippen LogP contribution in [0.2, 0.25) is 14.4 Å². The molecule has 1 amide bonds. The van der Waals surface area contributed by atoms with Gasteiger partial charge < -0.3 is 4.90 Å². The number of carbonyl (C=O) groups is 1. The first-order valence-corrected chi connectivity index (χ1v) is 7.14. The molecule has 1 rings (SSSR count). The number of halogens is 3. The van der Waals surface area contributed by atoms with Crippen LogP contribution in [0, 0.1) is 22.7 Å². The van der Waals surface area contributed by atoms with E-state index in [4.69, 9.17) is 45.3 Å². The highest BCUT2D eigenvalue weighted by Crippen LogP contribution is 2.40. The van der Waals surface area contributed by atoms with Crippen molar-refractivity contribution in [2.24, 2.45) is 0 Å². The summed E-state index contributed by atoms with van der Waals surface area (Å²) in [5, 5.41) is 17.4. The molecule has 4 nitrogen and oxygen atoms in total. The number of amides is 1. The van der Waals surface area contributed by atoms with E-state index in [0.29, 0.717) is 0 Å². The molecule has 0 saturated carbocycles. The van der Waals surface area contributed by atoms with Crippen molar-refractivity contribution >= 4 is 52.0 Å². The summed E-state index contributed by atoms with van der Waals surface area (Å²) in [4.78, 5) is 13.9. The fraction of sp³-hybridized carbons (Fsp3) is 0.364. The number of carbonyl (C=O) groups excluding carboxylic acids is 1. The first-order chi connectivity index (χ1) is 9.02. The van der Waals surface area contributed by atoms with Gasteiger partial charge in [-0.1, -0.05) is 34.8 Å². The zero-order valence-electron chi connectivity index (χ0n) is 9.62. The molecule has 0 unspecified atom stereocenters. The Morgan fingerprint density at radius 3 is 2.00 bits per heavy atom. The van der Waals surface area contributed by atoms with Crippen molar-refractivity contribution in [3.8, 4) is 12.1 Å². The number of rotatable bonds is 5. The van der Waals surface area contributed by atoms with E-state index in [1.165, 1.54) is 4.90 Å². The third-order valence-corrected chi connectivity index (χ3v) is 4.78. The highest BCUT2D eigenvalue weighted by Gasteiger charge is 2.24. The zero-order chi connectivity index (χ0) is 14.4. The van der Waals surface area contributed by atoms with Gasteiger partial charge in [0.25, 0.3) is 5.91 Å². The normalized spacial score (nSPS) is 9.74. The largest absolute Gasteiger partial charge is 0.336 e. The maximum absolute atomic E-state index is 12.3. The van der Waals surface area contributed by atoms with E-state index >= 15 is 0 Å². The molecule has 0 radical (unpaired) electrons. The average Bonchev–Trinajstić information content (AvgIpc) is 2.66. The molecule has 0 fully saturated rings. The second kappa shape index (κ2) is 7.57. The van der Waals surface area contributed by atoms with Crippen molar-refractivity contribution in [1.82, 2.24) is 4.90 Å². The maximum Gasteiger partial charge on any atom is 0.265 e. The van der Waals surface area contributed by atoms with Gasteiger partial charge >= 0.3 is 0 Å². The van der Waals surface area contributed by atoms with E-state index in [0.717, 1.165) is 11.3 Å². The van der Waals surface area contributed by atoms with E-state index < -0.39 is 0 Å². The molecule has 0 aliphatic carbocycles. The Labute approximate surface area is 129 Å². The molecular formula is C11H8Cl3N3OS. The molecule has 0 aromatic carbocycles. The molecule has 0 saturated heterocycles. The van der Waals surface area contributed by atoms with Gasteiger partial charge in [-0.25, -0.2) is 0 Å². The summed E-state index contributed by atoms with van der Waals surface area (Å²) in [7, 11) is 0. The van der Waals surface area contributed by atoms with Gasteiger partial charge in [-0.3, -0.25) is 4.79 Å². The van der Waals surface area contributed by atoms with Crippen LogP contribution in [0.3, 0.4) is 0 Å². The van der Waals surface area contributed by atoms with Crippen LogP contribution in [0.5, 0.6) is 0 Å². The first kappa shape index (κ1) is 16.1. The van der Waals surface area contributed by atoms with Crippen molar-refractivity contribution in [2.45, 2.75) is 12.8 Å². The van der Waals surface area contributed by atoms with E-state index in [2.05, 4.69) is 0 Å². The van der Waals surface area contributed by atoms with E-state index in [9.17, 15) is 4.79 Å². The average molecular weight is 337 g/mol. The summed E-state index contributed by atoms with van der Waals surface area (Å²) < 4.78 is 0.246. The maximum atomic E-state index is 12.3. The molecule has 100 valence electrons. The lowest BCUT2D eigenvalue weighted by Gasteiger charge is -2.19. The molecule has 1 aromatic rings. The minimum atomic E-state index is -0.366. The summed E-state index contributed by atoms with van der Waals surface area (Å²) in [5.74, 6) is -0.366. The van der Waals surface area contributed by atoms with Crippen molar-refractivity contribution < 1.29 is 4.79 Å². The predicted molar refractivity (Wildman–Crippen MR) is 75.7 cm³/mol. The molecule has 1 heterocycles. The van der Waals surface area contributed by atoms with Crippen molar-refractivity contribution in [3.05, 3.63) is 19.3 Å². The van der Waals surface area contributed by atoms with Crippen LogP contribution in [0.25, 0.3) is 0 Å². The third kappa shape index (κ3) is 3.99. The Balaban J connectivity index is 2.95. The molecule has 0 atom stereocenters. The minimum Gasteiger partial charge on any atom is -0.336 e. The van der Waals surface area contributed by atoms with E-state index in [-0.39, 0.29) is 51.1 Å². The molecular weight excluding hydrogens is 329 g/mol. The number of hydrogen-bond donors (Lipinski definition) is 0. The lowest BCUT2D eigenvalue weighted by atomic mass is 10.3. The van der Waals surface area contributed by atoms with Gasteiger partial charge in [0.1, 0.15) is 9.21 Å². The van der Waals surface area contributed by atoms with Crippen LogP contribution in [-0.2, 0) is 0 Å². The SMILES string of the molecule is N#CCCN(CCC#N)C(=O)c1sc(Cl)c(Cl)c1Cl. The summed E-state index contributed by atoms with van der Waals surface area (Å²) in [5.41, 5.74) is 0. The third-order valence-electron chi connectivity index (χ3n) is 2.22. The van der Waals surface area contributed by atoms with Gasteiger partial charge in [-0.2, -0.15) is 10.5 Å². The van der Waals surface area contributed by atoms with Gasteiger partial charge in [0.15, 0.2) is 0 Å². The smallest absolute Gasteiger partial charge is 0.265 e. The summed E-state index contributed by atoms with van der Waals surface area (Å²) >= 11 is 18.6. The van der Waals surface area contributed by atoms with Crippen LogP contribution >= 0.6 is 46.1 Å². The molecule has 0 spiro atoms. The van der Waals surface area contributed by atoms with Crippen LogP contribution in [-0.4, -0.2) is 23.9 Å². The molecule has 0 aliphatic rings. The zero-order valence-corrected chi connectivity index (χ0v) is 12.7. The quantitative estimate of drug-likeness (QED) is 0.816. The number of nitriles is 2. The second-order valence-corrected chi connectivity index (χ2v) is 5.82. The predicted octanol–water partition coefficient (Wildman–Crippen LogP) is 3.98. The highest BCUT2D eigenvalue weighted by atomic mass is 35.5. The Hall–Kier alpha value is -0.980. The lowest BCUT2D eigenvalue weighted by molar-refractivity contribution is 0.0767. The van der Waals surface area contributed by atoms with Crippen LogP contribution in [0.4, 0.5) is 0 Å². The van der Waals surface area contributed by atoms with Gasteiger partial charge in [0.2, 0.25) is 0 Å². The fourth-order valence-electron chi connectivity index (χ4n) is 1.33. The van der Waals surface area contributed by atoms with Gasteiger partial charge in [0.05, 0.1) is 35.0 Å². The Kier molecular flexibility index (Phi) is 6.41.